The molecule has 0 aromatic carbocycles. The highest BCUT2D eigenvalue weighted by molar-refractivity contribution is 7.99. The lowest BCUT2D eigenvalue weighted by Gasteiger charge is -2.05. The second kappa shape index (κ2) is 9.35. The Balaban J connectivity index is 1.94. The fourth-order valence-corrected chi connectivity index (χ4v) is 2.30. The van der Waals surface area contributed by atoms with Gasteiger partial charge in [-0.15, -0.1) is 10.2 Å². The normalized spacial score (nSPS) is 11.1. The van der Waals surface area contributed by atoms with Crippen molar-refractivity contribution in [3.63, 3.8) is 0 Å². The van der Waals surface area contributed by atoms with Crippen molar-refractivity contribution in [1.29, 1.82) is 0 Å². The van der Waals surface area contributed by atoms with Crippen molar-refractivity contribution in [3.8, 4) is 0 Å². The van der Waals surface area contributed by atoms with Crippen LogP contribution in [0.5, 0.6) is 0 Å². The lowest BCUT2D eigenvalue weighted by molar-refractivity contribution is 0.143. The van der Waals surface area contributed by atoms with E-state index in [9.17, 15) is 0 Å². The number of thioether (sulfide) groups is 1. The number of nitrogens with zero attached hydrogens (tertiary/aromatic N) is 3. The van der Waals surface area contributed by atoms with Crippen molar-refractivity contribution >= 4 is 11.8 Å². The summed E-state index contributed by atoms with van der Waals surface area (Å²) in [7, 11) is 2.00. The maximum Gasteiger partial charge on any atom is 0.190 e. The highest BCUT2D eigenvalue weighted by atomic mass is 32.2. The van der Waals surface area contributed by atoms with E-state index in [-0.39, 0.29) is 0 Å². The van der Waals surface area contributed by atoms with Crippen LogP contribution in [-0.2, 0) is 11.8 Å². The van der Waals surface area contributed by atoms with Gasteiger partial charge in [-0.05, 0) is 33.2 Å². The molecule has 6 heteroatoms. The van der Waals surface area contributed by atoms with Crippen molar-refractivity contribution in [3.05, 3.63) is 5.82 Å². The van der Waals surface area contributed by atoms with E-state index in [1.165, 1.54) is 6.42 Å². The molecule has 0 aliphatic rings. The van der Waals surface area contributed by atoms with Crippen molar-refractivity contribution in [2.75, 3.05) is 32.1 Å². The van der Waals surface area contributed by atoms with Gasteiger partial charge in [0.15, 0.2) is 5.16 Å². The molecule has 0 unspecified atom stereocenters. The van der Waals surface area contributed by atoms with Crippen LogP contribution in [-0.4, -0.2) is 46.8 Å². The zero-order valence-electron chi connectivity index (χ0n) is 11.6. The molecule has 1 aromatic heterocycles. The second-order valence-electron chi connectivity index (χ2n) is 4.09. The summed E-state index contributed by atoms with van der Waals surface area (Å²) in [4.78, 5) is 0. The predicted molar refractivity (Wildman–Crippen MR) is 75.1 cm³/mol. The summed E-state index contributed by atoms with van der Waals surface area (Å²) < 4.78 is 7.31. The van der Waals surface area contributed by atoms with Gasteiger partial charge in [-0.25, -0.2) is 0 Å². The Morgan fingerprint density at radius 2 is 2.11 bits per heavy atom. The smallest absolute Gasteiger partial charge is 0.190 e. The van der Waals surface area contributed by atoms with Crippen LogP contribution in [0.2, 0.25) is 0 Å². The summed E-state index contributed by atoms with van der Waals surface area (Å²) in [5.74, 6) is 1.98. The number of nitrogens with one attached hydrogen (secondary N) is 1. The zero-order valence-corrected chi connectivity index (χ0v) is 12.4. The molecule has 0 aliphatic carbocycles. The molecule has 18 heavy (non-hydrogen) atoms. The van der Waals surface area contributed by atoms with Crippen LogP contribution in [0, 0.1) is 6.92 Å². The maximum atomic E-state index is 5.28. The van der Waals surface area contributed by atoms with Gasteiger partial charge in [-0.3, -0.25) is 0 Å². The average molecular weight is 272 g/mol. The van der Waals surface area contributed by atoms with Gasteiger partial charge in [-0.2, -0.15) is 0 Å². The van der Waals surface area contributed by atoms with E-state index >= 15 is 0 Å². The van der Waals surface area contributed by atoms with Crippen molar-refractivity contribution in [2.24, 2.45) is 7.05 Å². The van der Waals surface area contributed by atoms with Crippen LogP contribution < -0.4 is 5.32 Å². The summed E-state index contributed by atoms with van der Waals surface area (Å²) in [5.41, 5.74) is 0. The van der Waals surface area contributed by atoms with Crippen LogP contribution in [0.15, 0.2) is 5.16 Å². The van der Waals surface area contributed by atoms with Crippen LogP contribution in [0.1, 0.15) is 25.6 Å². The number of aromatic nitrogens is 3. The third kappa shape index (κ3) is 5.84. The Bertz CT molecular complexity index is 330. The van der Waals surface area contributed by atoms with Crippen LogP contribution in [0.4, 0.5) is 0 Å². The molecule has 104 valence electrons. The fraction of sp³-hybridized carbons (Fsp3) is 0.833. The lowest BCUT2D eigenvalue weighted by atomic mass is 10.3. The van der Waals surface area contributed by atoms with E-state index in [4.69, 9.17) is 4.74 Å². The second-order valence-corrected chi connectivity index (χ2v) is 5.15. The summed E-state index contributed by atoms with van der Waals surface area (Å²) in [6.45, 7) is 7.76. The first-order chi connectivity index (χ1) is 8.75. The maximum absolute atomic E-state index is 5.28. The molecule has 0 radical (unpaired) electrons. The largest absolute Gasteiger partial charge is 0.382 e. The van der Waals surface area contributed by atoms with E-state index in [0.29, 0.717) is 0 Å². The van der Waals surface area contributed by atoms with Gasteiger partial charge in [-0.1, -0.05) is 11.8 Å². The van der Waals surface area contributed by atoms with Gasteiger partial charge in [0.1, 0.15) is 5.82 Å². The molecule has 0 aliphatic heterocycles. The number of unbranched alkanes of at least 4 members (excludes halogenated alkanes) is 1. The minimum absolute atomic E-state index is 0.821. The minimum Gasteiger partial charge on any atom is -0.382 e. The molecule has 5 nitrogen and oxygen atoms in total. The van der Waals surface area contributed by atoms with E-state index < -0.39 is 0 Å². The average Bonchev–Trinajstić information content (AvgIpc) is 2.68. The molecule has 0 amide bonds. The Morgan fingerprint density at radius 1 is 1.28 bits per heavy atom. The fourth-order valence-electron chi connectivity index (χ4n) is 1.45. The molecule has 1 aromatic rings. The van der Waals surface area contributed by atoms with Crippen LogP contribution in [0.3, 0.4) is 0 Å². The summed E-state index contributed by atoms with van der Waals surface area (Å²) in [5, 5.41) is 12.6. The molecule has 0 saturated heterocycles. The molecule has 1 rings (SSSR count). The monoisotopic (exact) mass is 272 g/mol. The molecule has 1 heterocycles. The zero-order chi connectivity index (χ0) is 13.2. The van der Waals surface area contributed by atoms with Crippen LogP contribution >= 0.6 is 11.8 Å². The van der Waals surface area contributed by atoms with Gasteiger partial charge in [0.2, 0.25) is 0 Å². The lowest BCUT2D eigenvalue weighted by Crippen LogP contribution is -2.19. The number of hydrogen-bond acceptors (Lipinski definition) is 5. The van der Waals surface area contributed by atoms with E-state index in [1.54, 1.807) is 11.8 Å². The third-order valence-electron chi connectivity index (χ3n) is 2.66. The van der Waals surface area contributed by atoms with Gasteiger partial charge in [0.25, 0.3) is 0 Å². The summed E-state index contributed by atoms with van der Waals surface area (Å²) in [6, 6.07) is 0. The van der Waals surface area contributed by atoms with Crippen molar-refractivity contribution in [2.45, 2.75) is 31.8 Å². The molecule has 0 fully saturated rings. The number of rotatable bonds is 10. The summed E-state index contributed by atoms with van der Waals surface area (Å²) >= 11 is 1.74. The van der Waals surface area contributed by atoms with Crippen molar-refractivity contribution in [1.82, 2.24) is 20.1 Å². The summed E-state index contributed by atoms with van der Waals surface area (Å²) in [6.07, 6.45) is 2.31. The van der Waals surface area contributed by atoms with E-state index in [2.05, 4.69) is 15.5 Å². The molecule has 1 N–H and O–H groups in total. The highest BCUT2D eigenvalue weighted by Crippen LogP contribution is 2.13. The van der Waals surface area contributed by atoms with Crippen molar-refractivity contribution < 1.29 is 4.74 Å². The molecule has 0 saturated carbocycles. The third-order valence-corrected chi connectivity index (χ3v) is 3.68. The molecule has 0 spiro atoms. The van der Waals surface area contributed by atoms with Crippen LogP contribution in [0.25, 0.3) is 0 Å². The molecular formula is C12H24N4OS. The van der Waals surface area contributed by atoms with Gasteiger partial charge >= 0.3 is 0 Å². The number of aryl methyl sites for hydroxylation is 1. The first-order valence-electron chi connectivity index (χ1n) is 6.53. The van der Waals surface area contributed by atoms with E-state index in [1.807, 2.05) is 25.5 Å². The Hall–Kier alpha value is -0.590. The Kier molecular flexibility index (Phi) is 8.04. The van der Waals surface area contributed by atoms with E-state index in [0.717, 1.165) is 49.5 Å². The van der Waals surface area contributed by atoms with Gasteiger partial charge in [0.05, 0.1) is 0 Å². The minimum atomic E-state index is 0.821. The molecule has 0 bridgehead atoms. The molecular weight excluding hydrogens is 248 g/mol. The Morgan fingerprint density at radius 3 is 2.78 bits per heavy atom. The highest BCUT2D eigenvalue weighted by Gasteiger charge is 2.04. The topological polar surface area (TPSA) is 52.0 Å². The number of ether oxygens (including phenoxy) is 1. The number of hydrogen-bond donors (Lipinski definition) is 1. The first-order valence-corrected chi connectivity index (χ1v) is 7.51. The quantitative estimate of drug-likeness (QED) is 0.518. The Labute approximate surface area is 114 Å². The first kappa shape index (κ1) is 15.5. The standard InChI is InChI=1S/C12H24N4OS/c1-4-17-9-6-5-7-13-8-10-18-12-15-14-11(2)16(12)3/h13H,4-10H2,1-3H3. The predicted octanol–water partition coefficient (Wildman–Crippen LogP) is 1.62. The SMILES string of the molecule is CCOCCCCNCCSc1nnc(C)n1C. The van der Waals surface area contributed by atoms with Gasteiger partial charge < -0.3 is 14.6 Å². The van der Waals surface area contributed by atoms with Gasteiger partial charge in [0, 0.05) is 32.6 Å². The molecule has 0 atom stereocenters.